The van der Waals surface area contributed by atoms with Gasteiger partial charge in [-0.05, 0) is 24.3 Å². The number of anilines is 1. The largest absolute Gasteiger partial charge is 0.484 e. The van der Waals surface area contributed by atoms with Gasteiger partial charge >= 0.3 is 0 Å². The molecule has 96 valence electrons. The maximum atomic E-state index is 5.91. The fourth-order valence-electron chi connectivity index (χ4n) is 1.79. The molecule has 0 saturated carbocycles. The Bertz CT molecular complexity index is 710. The lowest BCUT2D eigenvalue weighted by Gasteiger charge is -2.01. The Morgan fingerprint density at radius 2 is 2.00 bits per heavy atom. The average molecular weight is 275 g/mol. The van der Waals surface area contributed by atoms with E-state index in [0.717, 1.165) is 5.75 Å². The number of nitrogens with zero attached hydrogens (tertiary/aromatic N) is 1. The van der Waals surface area contributed by atoms with Gasteiger partial charge in [0.15, 0.2) is 12.2 Å². The zero-order valence-electron chi connectivity index (χ0n) is 9.97. The summed E-state index contributed by atoms with van der Waals surface area (Å²) in [6.07, 6.45) is 0. The standard InChI is InChI=1S/C14H11ClN2O2/c15-9-6-11(16)14-12(7-9)17-13(19-14)8-18-10-4-2-1-3-5-10/h1-7H,8,16H2. The Balaban J connectivity index is 1.84. The number of rotatable bonds is 3. The highest BCUT2D eigenvalue weighted by molar-refractivity contribution is 6.31. The lowest BCUT2D eigenvalue weighted by Crippen LogP contribution is -1.94. The molecular weight excluding hydrogens is 264 g/mol. The van der Waals surface area contributed by atoms with Crippen molar-refractivity contribution in [3.8, 4) is 5.75 Å². The van der Waals surface area contributed by atoms with Crippen LogP contribution in [0.25, 0.3) is 11.1 Å². The maximum Gasteiger partial charge on any atom is 0.233 e. The Morgan fingerprint density at radius 3 is 2.79 bits per heavy atom. The van der Waals surface area contributed by atoms with Crippen molar-refractivity contribution < 1.29 is 9.15 Å². The Labute approximate surface area is 114 Å². The molecule has 0 fully saturated rings. The van der Waals surface area contributed by atoms with Crippen molar-refractivity contribution in [2.45, 2.75) is 6.61 Å². The quantitative estimate of drug-likeness (QED) is 0.741. The van der Waals surface area contributed by atoms with E-state index in [4.69, 9.17) is 26.5 Å². The lowest BCUT2D eigenvalue weighted by molar-refractivity contribution is 0.267. The van der Waals surface area contributed by atoms with Crippen LogP contribution in [-0.2, 0) is 6.61 Å². The number of hydrogen-bond donors (Lipinski definition) is 1. The van der Waals surface area contributed by atoms with Crippen LogP contribution in [0.1, 0.15) is 5.89 Å². The van der Waals surface area contributed by atoms with Crippen molar-refractivity contribution in [1.82, 2.24) is 4.98 Å². The number of aromatic nitrogens is 1. The zero-order valence-corrected chi connectivity index (χ0v) is 10.7. The fourth-order valence-corrected chi connectivity index (χ4v) is 2.01. The number of hydrogen-bond acceptors (Lipinski definition) is 4. The summed E-state index contributed by atoms with van der Waals surface area (Å²) in [6.45, 7) is 0.246. The SMILES string of the molecule is Nc1cc(Cl)cc2nc(COc3ccccc3)oc12. The van der Waals surface area contributed by atoms with Gasteiger partial charge in [-0.15, -0.1) is 0 Å². The molecular formula is C14H11ClN2O2. The van der Waals surface area contributed by atoms with E-state index in [1.54, 1.807) is 12.1 Å². The summed E-state index contributed by atoms with van der Waals surface area (Å²) in [5.41, 5.74) is 7.47. The summed E-state index contributed by atoms with van der Waals surface area (Å²) >= 11 is 5.91. The van der Waals surface area contributed by atoms with Gasteiger partial charge in [-0.2, -0.15) is 0 Å². The number of nitrogens with two attached hydrogens (primary N) is 1. The van der Waals surface area contributed by atoms with Gasteiger partial charge < -0.3 is 14.9 Å². The van der Waals surface area contributed by atoms with Gasteiger partial charge in [0, 0.05) is 5.02 Å². The number of fused-ring (bicyclic) bond motifs is 1. The van der Waals surface area contributed by atoms with E-state index in [2.05, 4.69) is 4.98 Å². The normalized spacial score (nSPS) is 10.8. The molecule has 0 amide bonds. The molecule has 4 nitrogen and oxygen atoms in total. The van der Waals surface area contributed by atoms with Gasteiger partial charge in [-0.25, -0.2) is 4.98 Å². The van der Waals surface area contributed by atoms with Gasteiger partial charge in [0.1, 0.15) is 11.3 Å². The maximum absolute atomic E-state index is 5.91. The first-order valence-electron chi connectivity index (χ1n) is 5.74. The first-order valence-corrected chi connectivity index (χ1v) is 6.12. The molecule has 0 spiro atoms. The van der Waals surface area contributed by atoms with Crippen molar-refractivity contribution >= 4 is 28.4 Å². The van der Waals surface area contributed by atoms with E-state index in [-0.39, 0.29) is 6.61 Å². The molecule has 19 heavy (non-hydrogen) atoms. The second-order valence-corrected chi connectivity index (χ2v) is 4.49. The van der Waals surface area contributed by atoms with Crippen molar-refractivity contribution in [1.29, 1.82) is 0 Å². The van der Waals surface area contributed by atoms with Crippen LogP contribution < -0.4 is 10.5 Å². The summed E-state index contributed by atoms with van der Waals surface area (Å²) < 4.78 is 11.1. The molecule has 0 atom stereocenters. The molecule has 1 heterocycles. The molecule has 2 N–H and O–H groups in total. The van der Waals surface area contributed by atoms with Gasteiger partial charge in [-0.1, -0.05) is 29.8 Å². The van der Waals surface area contributed by atoms with Crippen molar-refractivity contribution in [2.75, 3.05) is 5.73 Å². The lowest BCUT2D eigenvalue weighted by atomic mass is 10.3. The third kappa shape index (κ3) is 2.48. The molecule has 2 aromatic carbocycles. The second-order valence-electron chi connectivity index (χ2n) is 4.05. The zero-order chi connectivity index (χ0) is 13.2. The Morgan fingerprint density at radius 1 is 1.21 bits per heavy atom. The van der Waals surface area contributed by atoms with Gasteiger partial charge in [-0.3, -0.25) is 0 Å². The number of para-hydroxylation sites is 1. The molecule has 0 radical (unpaired) electrons. The van der Waals surface area contributed by atoms with Crippen LogP contribution >= 0.6 is 11.6 Å². The van der Waals surface area contributed by atoms with Gasteiger partial charge in [0.2, 0.25) is 5.89 Å². The monoisotopic (exact) mass is 274 g/mol. The average Bonchev–Trinajstić information content (AvgIpc) is 2.81. The minimum atomic E-state index is 0.246. The summed E-state index contributed by atoms with van der Waals surface area (Å²) in [5, 5.41) is 0.536. The second kappa shape index (κ2) is 4.82. The number of halogens is 1. The molecule has 3 rings (SSSR count). The van der Waals surface area contributed by atoms with E-state index in [1.165, 1.54) is 0 Å². The molecule has 0 aliphatic carbocycles. The predicted octanol–water partition coefficient (Wildman–Crippen LogP) is 3.64. The Hall–Kier alpha value is -2.20. The summed E-state index contributed by atoms with van der Waals surface area (Å²) in [4.78, 5) is 4.29. The van der Waals surface area contributed by atoms with E-state index in [9.17, 15) is 0 Å². The highest BCUT2D eigenvalue weighted by atomic mass is 35.5. The number of benzene rings is 2. The van der Waals surface area contributed by atoms with E-state index < -0.39 is 0 Å². The molecule has 0 aliphatic heterocycles. The van der Waals surface area contributed by atoms with E-state index in [1.807, 2.05) is 30.3 Å². The van der Waals surface area contributed by atoms with Crippen molar-refractivity contribution in [3.05, 3.63) is 53.4 Å². The number of nitrogen functional groups attached to an aromatic ring is 1. The summed E-state index contributed by atoms with van der Waals surface area (Å²) in [5.74, 6) is 1.23. The van der Waals surface area contributed by atoms with Crippen LogP contribution in [0, 0.1) is 0 Å². The van der Waals surface area contributed by atoms with Crippen LogP contribution in [0.5, 0.6) is 5.75 Å². The fraction of sp³-hybridized carbons (Fsp3) is 0.0714. The van der Waals surface area contributed by atoms with Crippen LogP contribution in [-0.4, -0.2) is 4.98 Å². The van der Waals surface area contributed by atoms with Crippen LogP contribution in [0.2, 0.25) is 5.02 Å². The minimum Gasteiger partial charge on any atom is -0.484 e. The first kappa shape index (κ1) is 11.9. The van der Waals surface area contributed by atoms with Crippen LogP contribution in [0.4, 0.5) is 5.69 Å². The molecule has 0 unspecified atom stereocenters. The number of ether oxygens (including phenoxy) is 1. The van der Waals surface area contributed by atoms with Crippen LogP contribution in [0.3, 0.4) is 0 Å². The van der Waals surface area contributed by atoms with E-state index in [0.29, 0.717) is 27.7 Å². The molecule has 1 aromatic heterocycles. The molecule has 5 heteroatoms. The molecule has 0 bridgehead atoms. The highest BCUT2D eigenvalue weighted by Crippen LogP contribution is 2.26. The third-order valence-electron chi connectivity index (χ3n) is 2.63. The number of oxazole rings is 1. The highest BCUT2D eigenvalue weighted by Gasteiger charge is 2.10. The van der Waals surface area contributed by atoms with Gasteiger partial charge in [0.05, 0.1) is 5.69 Å². The molecule has 0 aliphatic rings. The predicted molar refractivity (Wildman–Crippen MR) is 74.2 cm³/mol. The van der Waals surface area contributed by atoms with E-state index >= 15 is 0 Å². The van der Waals surface area contributed by atoms with Crippen molar-refractivity contribution in [3.63, 3.8) is 0 Å². The van der Waals surface area contributed by atoms with Gasteiger partial charge in [0.25, 0.3) is 0 Å². The first-order chi connectivity index (χ1) is 9.22. The van der Waals surface area contributed by atoms with Crippen molar-refractivity contribution in [2.24, 2.45) is 0 Å². The molecule has 0 saturated heterocycles. The third-order valence-corrected chi connectivity index (χ3v) is 2.85. The Kier molecular flexibility index (Phi) is 3.01. The summed E-state index contributed by atoms with van der Waals surface area (Å²) in [6, 6.07) is 12.8. The topological polar surface area (TPSA) is 61.3 Å². The molecule has 3 aromatic rings. The van der Waals surface area contributed by atoms with Crippen LogP contribution in [0.15, 0.2) is 46.9 Å². The summed E-state index contributed by atoms with van der Waals surface area (Å²) in [7, 11) is 0. The smallest absolute Gasteiger partial charge is 0.233 e. The minimum absolute atomic E-state index is 0.246.